The highest BCUT2D eigenvalue weighted by Crippen LogP contribution is 2.14. The Morgan fingerprint density at radius 1 is 1.21 bits per heavy atom. The highest BCUT2D eigenvalue weighted by molar-refractivity contribution is 14.1. The molecule has 0 radical (unpaired) electrons. The van der Waals surface area contributed by atoms with Crippen LogP contribution in [0.4, 0.5) is 0 Å². The fraction of sp³-hybridized carbons (Fsp3) is 0.133. The SMILES string of the molecule is CN(Cc1ccc(Br)cc1)C(=O)c1cccc(I)c1. The van der Waals surface area contributed by atoms with E-state index in [1.165, 1.54) is 0 Å². The van der Waals surface area contributed by atoms with E-state index in [-0.39, 0.29) is 5.91 Å². The van der Waals surface area contributed by atoms with Gasteiger partial charge < -0.3 is 4.90 Å². The fourth-order valence-corrected chi connectivity index (χ4v) is 2.58. The third-order valence-corrected chi connectivity index (χ3v) is 3.95. The zero-order valence-electron chi connectivity index (χ0n) is 10.4. The van der Waals surface area contributed by atoms with Crippen molar-refractivity contribution in [3.8, 4) is 0 Å². The minimum Gasteiger partial charge on any atom is -0.337 e. The predicted octanol–water partition coefficient (Wildman–Crippen LogP) is 4.33. The molecule has 0 atom stereocenters. The van der Waals surface area contributed by atoms with E-state index in [0.717, 1.165) is 19.2 Å². The Hall–Kier alpha value is -0.880. The van der Waals surface area contributed by atoms with Crippen LogP contribution in [0.1, 0.15) is 15.9 Å². The second-order valence-electron chi connectivity index (χ2n) is 4.30. The van der Waals surface area contributed by atoms with Gasteiger partial charge in [0.15, 0.2) is 0 Å². The quantitative estimate of drug-likeness (QED) is 0.665. The topological polar surface area (TPSA) is 20.3 Å². The van der Waals surface area contributed by atoms with Gasteiger partial charge in [0.2, 0.25) is 0 Å². The van der Waals surface area contributed by atoms with Crippen molar-refractivity contribution in [3.05, 3.63) is 67.7 Å². The molecule has 1 amide bonds. The van der Waals surface area contributed by atoms with E-state index in [0.29, 0.717) is 6.54 Å². The lowest BCUT2D eigenvalue weighted by molar-refractivity contribution is 0.0785. The molecule has 0 fully saturated rings. The van der Waals surface area contributed by atoms with E-state index in [4.69, 9.17) is 0 Å². The van der Waals surface area contributed by atoms with Crippen molar-refractivity contribution in [1.82, 2.24) is 4.90 Å². The van der Waals surface area contributed by atoms with Crippen molar-refractivity contribution in [2.24, 2.45) is 0 Å². The first-order chi connectivity index (χ1) is 9.06. The lowest BCUT2D eigenvalue weighted by Crippen LogP contribution is -2.26. The number of carbonyl (C=O) groups excluding carboxylic acids is 1. The number of rotatable bonds is 3. The first-order valence-electron chi connectivity index (χ1n) is 5.82. The van der Waals surface area contributed by atoms with Gasteiger partial charge in [-0.3, -0.25) is 4.79 Å². The largest absolute Gasteiger partial charge is 0.337 e. The van der Waals surface area contributed by atoms with Gasteiger partial charge in [-0.1, -0.05) is 34.1 Å². The number of carbonyl (C=O) groups is 1. The molecule has 0 aliphatic carbocycles. The van der Waals surface area contributed by atoms with Crippen molar-refractivity contribution in [2.75, 3.05) is 7.05 Å². The summed E-state index contributed by atoms with van der Waals surface area (Å²) in [4.78, 5) is 14.0. The molecule has 0 saturated heterocycles. The molecule has 0 aliphatic rings. The molecule has 0 N–H and O–H groups in total. The van der Waals surface area contributed by atoms with Gasteiger partial charge in [-0.15, -0.1) is 0 Å². The Kier molecular flexibility index (Phi) is 4.99. The van der Waals surface area contributed by atoms with E-state index in [2.05, 4.69) is 38.5 Å². The van der Waals surface area contributed by atoms with Crippen LogP contribution in [-0.4, -0.2) is 17.9 Å². The van der Waals surface area contributed by atoms with Crippen LogP contribution in [0, 0.1) is 3.57 Å². The first kappa shape index (κ1) is 14.5. The molecule has 2 rings (SSSR count). The van der Waals surface area contributed by atoms with Gasteiger partial charge in [-0.2, -0.15) is 0 Å². The number of halogens is 2. The van der Waals surface area contributed by atoms with Gasteiger partial charge in [0.25, 0.3) is 5.91 Å². The Labute approximate surface area is 135 Å². The van der Waals surface area contributed by atoms with Crippen LogP contribution in [0.3, 0.4) is 0 Å². The van der Waals surface area contributed by atoms with Crippen LogP contribution in [0.2, 0.25) is 0 Å². The highest BCUT2D eigenvalue weighted by Gasteiger charge is 2.12. The van der Waals surface area contributed by atoms with Gasteiger partial charge in [-0.25, -0.2) is 0 Å². The molecule has 0 saturated carbocycles. The second-order valence-corrected chi connectivity index (χ2v) is 6.46. The average Bonchev–Trinajstić information content (AvgIpc) is 2.40. The van der Waals surface area contributed by atoms with Gasteiger partial charge in [0, 0.05) is 27.2 Å². The lowest BCUT2D eigenvalue weighted by atomic mass is 10.1. The van der Waals surface area contributed by atoms with Crippen LogP contribution < -0.4 is 0 Å². The summed E-state index contributed by atoms with van der Waals surface area (Å²) in [6.07, 6.45) is 0. The molecule has 0 spiro atoms. The molecule has 2 aromatic rings. The monoisotopic (exact) mass is 429 g/mol. The summed E-state index contributed by atoms with van der Waals surface area (Å²) in [5.74, 6) is 0.0430. The Balaban J connectivity index is 2.09. The maximum absolute atomic E-state index is 12.3. The van der Waals surface area contributed by atoms with Gasteiger partial charge in [0.05, 0.1) is 0 Å². The van der Waals surface area contributed by atoms with Gasteiger partial charge in [0.1, 0.15) is 0 Å². The van der Waals surface area contributed by atoms with Crippen LogP contribution in [0.25, 0.3) is 0 Å². The number of hydrogen-bond acceptors (Lipinski definition) is 1. The van der Waals surface area contributed by atoms with Crippen molar-refractivity contribution < 1.29 is 4.79 Å². The van der Waals surface area contributed by atoms with Crippen molar-refractivity contribution in [2.45, 2.75) is 6.54 Å². The molecule has 2 aromatic carbocycles. The molecule has 0 heterocycles. The average molecular weight is 430 g/mol. The summed E-state index contributed by atoms with van der Waals surface area (Å²) in [5.41, 5.74) is 1.84. The molecular weight excluding hydrogens is 417 g/mol. The van der Waals surface area contributed by atoms with E-state index < -0.39 is 0 Å². The van der Waals surface area contributed by atoms with Gasteiger partial charge in [-0.05, 0) is 58.5 Å². The van der Waals surface area contributed by atoms with E-state index >= 15 is 0 Å². The third kappa shape index (κ3) is 4.04. The smallest absolute Gasteiger partial charge is 0.253 e. The summed E-state index contributed by atoms with van der Waals surface area (Å²) >= 11 is 5.62. The normalized spacial score (nSPS) is 10.3. The maximum Gasteiger partial charge on any atom is 0.253 e. The maximum atomic E-state index is 12.3. The summed E-state index contributed by atoms with van der Waals surface area (Å²) in [6, 6.07) is 15.6. The number of hydrogen-bond donors (Lipinski definition) is 0. The van der Waals surface area contributed by atoms with Crippen LogP contribution in [-0.2, 0) is 6.54 Å². The highest BCUT2D eigenvalue weighted by atomic mass is 127. The zero-order chi connectivity index (χ0) is 13.8. The molecule has 19 heavy (non-hydrogen) atoms. The number of benzene rings is 2. The molecule has 2 nitrogen and oxygen atoms in total. The van der Waals surface area contributed by atoms with Crippen molar-refractivity contribution in [3.63, 3.8) is 0 Å². The minimum absolute atomic E-state index is 0.0430. The van der Waals surface area contributed by atoms with E-state index in [1.807, 2.05) is 55.6 Å². The Morgan fingerprint density at radius 2 is 1.89 bits per heavy atom. The second kappa shape index (κ2) is 6.52. The zero-order valence-corrected chi connectivity index (χ0v) is 14.2. The number of nitrogens with zero attached hydrogens (tertiary/aromatic N) is 1. The fourth-order valence-electron chi connectivity index (χ4n) is 1.78. The van der Waals surface area contributed by atoms with Crippen LogP contribution in [0.15, 0.2) is 53.0 Å². The molecule has 0 aromatic heterocycles. The summed E-state index contributed by atoms with van der Waals surface area (Å²) in [5, 5.41) is 0. The molecular formula is C15H13BrINO. The molecule has 0 aliphatic heterocycles. The van der Waals surface area contributed by atoms with Crippen LogP contribution in [0.5, 0.6) is 0 Å². The lowest BCUT2D eigenvalue weighted by Gasteiger charge is -2.17. The predicted molar refractivity (Wildman–Crippen MR) is 89.1 cm³/mol. The Morgan fingerprint density at radius 3 is 2.53 bits per heavy atom. The van der Waals surface area contributed by atoms with Crippen molar-refractivity contribution in [1.29, 1.82) is 0 Å². The van der Waals surface area contributed by atoms with E-state index in [9.17, 15) is 4.79 Å². The summed E-state index contributed by atoms with van der Waals surface area (Å²) in [6.45, 7) is 0.609. The number of amides is 1. The molecule has 98 valence electrons. The standard InChI is InChI=1S/C15H13BrINO/c1-18(10-11-5-7-13(16)8-6-11)15(19)12-3-2-4-14(17)9-12/h2-9H,10H2,1H3. The van der Waals surface area contributed by atoms with E-state index in [1.54, 1.807) is 4.90 Å². The van der Waals surface area contributed by atoms with Crippen LogP contribution >= 0.6 is 38.5 Å². The minimum atomic E-state index is 0.0430. The molecule has 0 bridgehead atoms. The summed E-state index contributed by atoms with van der Waals surface area (Å²) < 4.78 is 2.11. The van der Waals surface area contributed by atoms with Gasteiger partial charge >= 0.3 is 0 Å². The summed E-state index contributed by atoms with van der Waals surface area (Å²) in [7, 11) is 1.82. The van der Waals surface area contributed by atoms with Crippen molar-refractivity contribution >= 4 is 44.4 Å². The third-order valence-electron chi connectivity index (χ3n) is 2.75. The molecule has 4 heteroatoms. The Bertz CT molecular complexity index is 583. The first-order valence-corrected chi connectivity index (χ1v) is 7.69. The molecule has 0 unspecified atom stereocenters.